The SMILES string of the molecule is CC(C)CNS(=O)(=O)NCc1ccccc1CC(=O)O. The van der Waals surface area contributed by atoms with E-state index in [0.717, 1.165) is 0 Å². The first-order chi connectivity index (χ1) is 9.30. The van der Waals surface area contributed by atoms with E-state index in [1.54, 1.807) is 24.3 Å². The molecule has 0 aromatic heterocycles. The van der Waals surface area contributed by atoms with Crippen LogP contribution in [0.4, 0.5) is 0 Å². The average Bonchev–Trinajstić information content (AvgIpc) is 2.35. The molecule has 1 aromatic rings. The van der Waals surface area contributed by atoms with Crippen LogP contribution < -0.4 is 9.44 Å². The van der Waals surface area contributed by atoms with E-state index < -0.39 is 16.2 Å². The molecular weight excluding hydrogens is 280 g/mol. The van der Waals surface area contributed by atoms with Gasteiger partial charge in [0, 0.05) is 13.1 Å². The van der Waals surface area contributed by atoms with E-state index in [1.165, 1.54) is 0 Å². The number of nitrogens with one attached hydrogen (secondary N) is 2. The van der Waals surface area contributed by atoms with Gasteiger partial charge in [-0.25, -0.2) is 4.72 Å². The molecule has 0 aliphatic heterocycles. The molecule has 1 rings (SSSR count). The molecule has 0 saturated heterocycles. The summed E-state index contributed by atoms with van der Waals surface area (Å²) in [5.74, 6) is -0.732. The zero-order chi connectivity index (χ0) is 15.2. The molecule has 6 nitrogen and oxygen atoms in total. The number of benzene rings is 1. The molecule has 0 heterocycles. The van der Waals surface area contributed by atoms with Crippen molar-refractivity contribution in [1.29, 1.82) is 0 Å². The number of hydrogen-bond donors (Lipinski definition) is 3. The van der Waals surface area contributed by atoms with Crippen LogP contribution >= 0.6 is 0 Å². The molecule has 7 heteroatoms. The summed E-state index contributed by atoms with van der Waals surface area (Å²) in [7, 11) is -3.57. The predicted octanol–water partition coefficient (Wildman–Crippen LogP) is 0.894. The molecule has 0 spiro atoms. The molecule has 0 atom stereocenters. The lowest BCUT2D eigenvalue weighted by Gasteiger charge is -2.12. The van der Waals surface area contributed by atoms with Gasteiger partial charge < -0.3 is 5.11 Å². The van der Waals surface area contributed by atoms with Gasteiger partial charge in [-0.05, 0) is 17.0 Å². The van der Waals surface area contributed by atoms with Crippen LogP contribution in [0.1, 0.15) is 25.0 Å². The van der Waals surface area contributed by atoms with Gasteiger partial charge in [-0.1, -0.05) is 38.1 Å². The minimum Gasteiger partial charge on any atom is -0.481 e. The zero-order valence-electron chi connectivity index (χ0n) is 11.6. The van der Waals surface area contributed by atoms with Crippen molar-refractivity contribution in [3.63, 3.8) is 0 Å². The van der Waals surface area contributed by atoms with Crippen LogP contribution in [0.3, 0.4) is 0 Å². The van der Waals surface area contributed by atoms with Gasteiger partial charge in [-0.3, -0.25) is 4.79 Å². The lowest BCUT2D eigenvalue weighted by atomic mass is 10.1. The summed E-state index contributed by atoms with van der Waals surface area (Å²) in [6, 6.07) is 6.87. The number of hydrogen-bond acceptors (Lipinski definition) is 3. The fraction of sp³-hybridized carbons (Fsp3) is 0.462. The minimum absolute atomic E-state index is 0.0664. The molecular formula is C13H20N2O4S. The van der Waals surface area contributed by atoms with Gasteiger partial charge in [-0.2, -0.15) is 13.1 Å². The van der Waals surface area contributed by atoms with E-state index in [4.69, 9.17) is 5.11 Å². The monoisotopic (exact) mass is 300 g/mol. The summed E-state index contributed by atoms with van der Waals surface area (Å²) in [5.41, 5.74) is 1.26. The summed E-state index contributed by atoms with van der Waals surface area (Å²) in [4.78, 5) is 10.7. The van der Waals surface area contributed by atoms with Crippen LogP contribution in [0.15, 0.2) is 24.3 Å². The van der Waals surface area contributed by atoms with Gasteiger partial charge >= 0.3 is 5.97 Å². The Morgan fingerprint density at radius 2 is 1.80 bits per heavy atom. The summed E-state index contributed by atoms with van der Waals surface area (Å²) >= 11 is 0. The van der Waals surface area contributed by atoms with E-state index in [1.807, 2.05) is 13.8 Å². The summed E-state index contributed by atoms with van der Waals surface area (Å²) in [5, 5.41) is 8.81. The maximum atomic E-state index is 11.7. The van der Waals surface area contributed by atoms with Crippen molar-refractivity contribution in [2.45, 2.75) is 26.8 Å². The Balaban J connectivity index is 2.67. The number of carboxylic acid groups (broad SMARTS) is 1. The number of carbonyl (C=O) groups is 1. The number of rotatable bonds is 8. The second-order valence-corrected chi connectivity index (χ2v) is 6.49. The van der Waals surface area contributed by atoms with Crippen LogP contribution in [0.25, 0.3) is 0 Å². The minimum atomic E-state index is -3.57. The quantitative estimate of drug-likeness (QED) is 0.664. The van der Waals surface area contributed by atoms with Crippen LogP contribution in [-0.4, -0.2) is 26.0 Å². The first kappa shape index (κ1) is 16.6. The molecule has 0 aliphatic rings. The highest BCUT2D eigenvalue weighted by atomic mass is 32.2. The summed E-state index contributed by atoms with van der Waals surface area (Å²) in [6.45, 7) is 4.23. The Morgan fingerprint density at radius 3 is 2.35 bits per heavy atom. The van der Waals surface area contributed by atoms with Crippen LogP contribution in [0.2, 0.25) is 0 Å². The maximum absolute atomic E-state index is 11.7. The van der Waals surface area contributed by atoms with Crippen molar-refractivity contribution in [3.8, 4) is 0 Å². The van der Waals surface area contributed by atoms with Crippen molar-refractivity contribution in [1.82, 2.24) is 9.44 Å². The van der Waals surface area contributed by atoms with Crippen molar-refractivity contribution in [3.05, 3.63) is 35.4 Å². The average molecular weight is 300 g/mol. The standard InChI is InChI=1S/C13H20N2O4S/c1-10(2)8-14-20(18,19)15-9-12-6-4-3-5-11(12)7-13(16)17/h3-6,10,14-15H,7-9H2,1-2H3,(H,16,17). The van der Waals surface area contributed by atoms with E-state index >= 15 is 0 Å². The van der Waals surface area contributed by atoms with E-state index in [0.29, 0.717) is 17.7 Å². The smallest absolute Gasteiger partial charge is 0.307 e. The first-order valence-electron chi connectivity index (χ1n) is 6.33. The number of carboxylic acids is 1. The van der Waals surface area contributed by atoms with E-state index in [9.17, 15) is 13.2 Å². The Morgan fingerprint density at radius 1 is 1.20 bits per heavy atom. The molecule has 0 unspecified atom stereocenters. The highest BCUT2D eigenvalue weighted by molar-refractivity contribution is 7.87. The lowest BCUT2D eigenvalue weighted by Crippen LogP contribution is -2.38. The highest BCUT2D eigenvalue weighted by Crippen LogP contribution is 2.09. The third kappa shape index (κ3) is 6.14. The van der Waals surface area contributed by atoms with Gasteiger partial charge in [0.25, 0.3) is 10.2 Å². The summed E-state index contributed by atoms with van der Waals surface area (Å²) < 4.78 is 28.3. The van der Waals surface area contributed by atoms with Crippen molar-refractivity contribution in [2.75, 3.05) is 6.54 Å². The maximum Gasteiger partial charge on any atom is 0.307 e. The molecule has 0 fully saturated rings. The summed E-state index contributed by atoms with van der Waals surface area (Å²) in [6.07, 6.45) is -0.128. The van der Waals surface area contributed by atoms with Gasteiger partial charge in [0.05, 0.1) is 6.42 Å². The number of aliphatic carboxylic acids is 1. The molecule has 0 bridgehead atoms. The van der Waals surface area contributed by atoms with Gasteiger partial charge in [0.1, 0.15) is 0 Å². The molecule has 0 radical (unpaired) electrons. The molecule has 3 N–H and O–H groups in total. The normalized spacial score (nSPS) is 11.8. The van der Waals surface area contributed by atoms with Gasteiger partial charge in [0.15, 0.2) is 0 Å². The molecule has 20 heavy (non-hydrogen) atoms. The van der Waals surface area contributed by atoms with Gasteiger partial charge in [0.2, 0.25) is 0 Å². The van der Waals surface area contributed by atoms with Gasteiger partial charge in [-0.15, -0.1) is 0 Å². The van der Waals surface area contributed by atoms with Crippen molar-refractivity contribution < 1.29 is 18.3 Å². The molecule has 0 aliphatic carbocycles. The Labute approximate surface area is 119 Å². The molecule has 1 aromatic carbocycles. The second kappa shape index (κ2) is 7.37. The van der Waals surface area contributed by atoms with Crippen LogP contribution in [-0.2, 0) is 28.0 Å². The fourth-order valence-corrected chi connectivity index (χ4v) is 2.57. The first-order valence-corrected chi connectivity index (χ1v) is 7.81. The van der Waals surface area contributed by atoms with Crippen molar-refractivity contribution in [2.24, 2.45) is 5.92 Å². The third-order valence-corrected chi connectivity index (χ3v) is 3.67. The Kier molecular flexibility index (Phi) is 6.12. The third-order valence-electron chi connectivity index (χ3n) is 2.59. The predicted molar refractivity (Wildman–Crippen MR) is 76.4 cm³/mol. The largest absolute Gasteiger partial charge is 0.481 e. The van der Waals surface area contributed by atoms with E-state index in [2.05, 4.69) is 9.44 Å². The van der Waals surface area contributed by atoms with Crippen LogP contribution in [0, 0.1) is 5.92 Å². The second-order valence-electron chi connectivity index (χ2n) is 4.91. The molecule has 112 valence electrons. The highest BCUT2D eigenvalue weighted by Gasteiger charge is 2.12. The topological polar surface area (TPSA) is 95.5 Å². The van der Waals surface area contributed by atoms with Crippen molar-refractivity contribution >= 4 is 16.2 Å². The fourth-order valence-electron chi connectivity index (χ4n) is 1.57. The zero-order valence-corrected chi connectivity index (χ0v) is 12.4. The van der Waals surface area contributed by atoms with Crippen LogP contribution in [0.5, 0.6) is 0 Å². The van der Waals surface area contributed by atoms with E-state index in [-0.39, 0.29) is 18.9 Å². The lowest BCUT2D eigenvalue weighted by molar-refractivity contribution is -0.136. The Bertz CT molecular complexity index is 555. The Hall–Kier alpha value is -1.44. The molecule has 0 saturated carbocycles. The molecule has 0 amide bonds.